The van der Waals surface area contributed by atoms with Crippen LogP contribution >= 0.6 is 11.6 Å². The smallest absolute Gasteiger partial charge is 0.417 e. The van der Waals surface area contributed by atoms with Gasteiger partial charge < -0.3 is 25.3 Å². The number of rotatable bonds is 4. The lowest BCUT2D eigenvalue weighted by atomic mass is 10.2. The van der Waals surface area contributed by atoms with Gasteiger partial charge in [-0.05, 0) is 36.4 Å². The van der Waals surface area contributed by atoms with Crippen molar-refractivity contribution in [1.82, 2.24) is 14.5 Å². The van der Waals surface area contributed by atoms with Gasteiger partial charge in [-0.25, -0.2) is 14.2 Å². The summed E-state index contributed by atoms with van der Waals surface area (Å²) in [5.74, 6) is 0.727. The van der Waals surface area contributed by atoms with Crippen LogP contribution in [0.1, 0.15) is 5.56 Å². The summed E-state index contributed by atoms with van der Waals surface area (Å²) in [6.07, 6.45) is -3.09. The SMILES string of the molecule is CN=c1ncc2cc(Oc3ccc(NC(=O)Nc4ccc(Cl)c(C(F)(F)F)c4)cc3F)c3n(c-2n1)CCN3. The Bertz CT molecular complexity index is 1590. The van der Waals surface area contributed by atoms with Crippen molar-refractivity contribution in [3.8, 4) is 22.9 Å². The zero-order valence-electron chi connectivity index (χ0n) is 19.5. The lowest BCUT2D eigenvalue weighted by molar-refractivity contribution is -0.137. The molecule has 0 aliphatic carbocycles. The summed E-state index contributed by atoms with van der Waals surface area (Å²) >= 11 is 5.59. The van der Waals surface area contributed by atoms with Crippen LogP contribution in [0.4, 0.5) is 39.5 Å². The highest BCUT2D eigenvalue weighted by atomic mass is 35.5. The van der Waals surface area contributed by atoms with Crippen LogP contribution in [0, 0.1) is 5.82 Å². The van der Waals surface area contributed by atoms with E-state index in [2.05, 4.69) is 30.9 Å². The number of carbonyl (C=O) groups excluding carboxylic acids is 1. The van der Waals surface area contributed by atoms with E-state index in [4.69, 9.17) is 16.3 Å². The molecule has 3 heterocycles. The van der Waals surface area contributed by atoms with Crippen molar-refractivity contribution in [3.05, 3.63) is 70.7 Å². The maximum atomic E-state index is 14.9. The molecule has 3 aliphatic rings. The fourth-order valence-electron chi connectivity index (χ4n) is 3.91. The number of ether oxygens (including phenoxy) is 1. The number of hydrogen-bond donors (Lipinski definition) is 3. The first-order valence-electron chi connectivity index (χ1n) is 11.1. The van der Waals surface area contributed by atoms with E-state index in [0.717, 1.165) is 12.1 Å². The van der Waals surface area contributed by atoms with Gasteiger partial charge in [0, 0.05) is 49.3 Å². The molecular formula is C24H18ClF4N7O2. The van der Waals surface area contributed by atoms with E-state index in [1.807, 2.05) is 4.57 Å². The molecule has 9 nitrogen and oxygen atoms in total. The number of nitrogens with zero attached hydrogens (tertiary/aromatic N) is 4. The number of hydrogen-bond acceptors (Lipinski definition) is 6. The van der Waals surface area contributed by atoms with Crippen molar-refractivity contribution in [3.63, 3.8) is 0 Å². The summed E-state index contributed by atoms with van der Waals surface area (Å²) < 4.78 is 61.8. The van der Waals surface area contributed by atoms with Crippen LogP contribution in [0.25, 0.3) is 11.4 Å². The molecule has 0 saturated heterocycles. The zero-order valence-corrected chi connectivity index (χ0v) is 20.3. The summed E-state index contributed by atoms with van der Waals surface area (Å²) in [6, 6.07) is 7.48. The third-order valence-corrected chi connectivity index (χ3v) is 5.93. The lowest BCUT2D eigenvalue weighted by Crippen LogP contribution is -2.20. The van der Waals surface area contributed by atoms with E-state index in [1.165, 1.54) is 18.2 Å². The van der Waals surface area contributed by atoms with E-state index in [-0.39, 0.29) is 17.1 Å². The van der Waals surface area contributed by atoms with Gasteiger partial charge in [-0.15, -0.1) is 0 Å². The third-order valence-electron chi connectivity index (χ3n) is 5.60. The van der Waals surface area contributed by atoms with Gasteiger partial charge in [0.05, 0.1) is 10.6 Å². The monoisotopic (exact) mass is 547 g/mol. The second kappa shape index (κ2) is 9.82. The largest absolute Gasteiger partial charge is 0.450 e. The molecule has 38 heavy (non-hydrogen) atoms. The first-order chi connectivity index (χ1) is 18.1. The first-order valence-corrected chi connectivity index (χ1v) is 11.5. The first kappa shape index (κ1) is 25.3. The normalized spacial score (nSPS) is 13.3. The van der Waals surface area contributed by atoms with E-state index in [9.17, 15) is 22.4 Å². The van der Waals surface area contributed by atoms with E-state index in [0.29, 0.717) is 47.7 Å². The van der Waals surface area contributed by atoms with Gasteiger partial charge in [-0.2, -0.15) is 18.2 Å². The minimum Gasteiger partial charge on any atom is -0.450 e. The van der Waals surface area contributed by atoms with Crippen LogP contribution in [0.5, 0.6) is 11.5 Å². The highest BCUT2D eigenvalue weighted by Crippen LogP contribution is 2.39. The molecule has 2 aromatic carbocycles. The summed E-state index contributed by atoms with van der Waals surface area (Å²) in [5, 5.41) is 7.33. The van der Waals surface area contributed by atoms with E-state index in [1.54, 1.807) is 19.3 Å². The molecule has 0 fully saturated rings. The number of halogens is 5. The topological polar surface area (TPSA) is 105 Å². The molecule has 0 aromatic heterocycles. The van der Waals surface area contributed by atoms with Crippen LogP contribution in [0.15, 0.2) is 53.7 Å². The van der Waals surface area contributed by atoms with Gasteiger partial charge in [0.1, 0.15) is 5.82 Å². The number of anilines is 3. The molecule has 14 heteroatoms. The summed E-state index contributed by atoms with van der Waals surface area (Å²) in [6.45, 7) is 1.23. The maximum Gasteiger partial charge on any atom is 0.417 e. The van der Waals surface area contributed by atoms with Crippen LogP contribution in [-0.4, -0.2) is 34.2 Å². The number of fused-ring (bicyclic) bond motifs is 3. The fraction of sp³-hybridized carbons (Fsp3) is 0.167. The average Bonchev–Trinajstić information content (AvgIpc) is 3.37. The number of benzene rings is 2. The Morgan fingerprint density at radius 2 is 1.87 bits per heavy atom. The number of nitrogens with one attached hydrogen (secondary N) is 3. The number of carbonyl (C=O) groups is 1. The molecule has 0 saturated carbocycles. The van der Waals surface area contributed by atoms with Crippen molar-refractivity contribution in [2.45, 2.75) is 12.7 Å². The molecule has 0 radical (unpaired) electrons. The van der Waals surface area contributed by atoms with Gasteiger partial charge in [-0.1, -0.05) is 11.6 Å². The predicted molar refractivity (Wildman–Crippen MR) is 132 cm³/mol. The summed E-state index contributed by atoms with van der Waals surface area (Å²) in [4.78, 5) is 24.9. The predicted octanol–water partition coefficient (Wildman–Crippen LogP) is 5.59. The van der Waals surface area contributed by atoms with Crippen molar-refractivity contribution in [2.75, 3.05) is 29.5 Å². The molecule has 2 amide bonds. The second-order valence-electron chi connectivity index (χ2n) is 8.13. The molecule has 0 bridgehead atoms. The van der Waals surface area contributed by atoms with Crippen LogP contribution in [-0.2, 0) is 12.7 Å². The summed E-state index contributed by atoms with van der Waals surface area (Å²) in [7, 11) is 1.59. The van der Waals surface area contributed by atoms with Crippen molar-refractivity contribution < 1.29 is 27.1 Å². The quantitative estimate of drug-likeness (QED) is 0.289. The van der Waals surface area contributed by atoms with Gasteiger partial charge in [-0.3, -0.25) is 4.99 Å². The number of aromatic nitrogens is 3. The fourth-order valence-corrected chi connectivity index (χ4v) is 4.13. The molecule has 3 N–H and O–H groups in total. The van der Waals surface area contributed by atoms with Gasteiger partial charge >= 0.3 is 12.2 Å². The van der Waals surface area contributed by atoms with Crippen LogP contribution in [0.3, 0.4) is 0 Å². The van der Waals surface area contributed by atoms with Gasteiger partial charge in [0.15, 0.2) is 23.1 Å². The molecule has 0 atom stereocenters. The molecule has 2 aromatic rings. The number of urea groups is 1. The minimum absolute atomic E-state index is 0.0536. The third kappa shape index (κ3) is 5.05. The Morgan fingerprint density at radius 3 is 2.58 bits per heavy atom. The van der Waals surface area contributed by atoms with E-state index < -0.39 is 28.6 Å². The standard InChI is InChI=1S/C24H18ClF4N7O2/c1-30-22-32-11-12-8-19(21-31-6-7-36(21)20(12)35-22)38-18-5-3-14(10-17(18)26)34-23(37)33-13-2-4-16(25)15(9-13)24(27,28)29/h2-5,8-11,31H,6-7H2,1H3,(H2,33,34,37). The number of amides is 2. The Hall–Kier alpha value is -4.39. The van der Waals surface area contributed by atoms with Crippen molar-refractivity contribution in [1.29, 1.82) is 0 Å². The Kier molecular flexibility index (Phi) is 6.53. The average molecular weight is 548 g/mol. The minimum atomic E-state index is -4.69. The highest BCUT2D eigenvalue weighted by Gasteiger charge is 2.33. The van der Waals surface area contributed by atoms with Crippen molar-refractivity contribution >= 4 is 34.8 Å². The van der Waals surface area contributed by atoms with Crippen LogP contribution in [0.2, 0.25) is 5.02 Å². The highest BCUT2D eigenvalue weighted by molar-refractivity contribution is 6.31. The molecule has 3 aliphatic heterocycles. The second-order valence-corrected chi connectivity index (χ2v) is 8.53. The molecule has 5 rings (SSSR count). The van der Waals surface area contributed by atoms with Crippen molar-refractivity contribution in [2.24, 2.45) is 4.99 Å². The molecule has 0 spiro atoms. The van der Waals surface area contributed by atoms with E-state index >= 15 is 0 Å². The van der Waals surface area contributed by atoms with Gasteiger partial charge in [0.2, 0.25) is 5.62 Å². The zero-order chi connectivity index (χ0) is 27.0. The number of pyridine rings is 1. The maximum absolute atomic E-state index is 14.9. The lowest BCUT2D eigenvalue weighted by Gasteiger charge is -2.17. The molecule has 196 valence electrons. The Labute approximate surface area is 217 Å². The Balaban J connectivity index is 1.33. The Morgan fingerprint density at radius 1 is 1.13 bits per heavy atom. The molecular weight excluding hydrogens is 530 g/mol. The number of alkyl halides is 3. The molecule has 0 unspecified atom stereocenters. The summed E-state index contributed by atoms with van der Waals surface area (Å²) in [5.41, 5.74) is -0.171. The van der Waals surface area contributed by atoms with Gasteiger partial charge in [0.25, 0.3) is 0 Å². The van der Waals surface area contributed by atoms with Crippen LogP contribution < -0.4 is 26.3 Å².